The maximum Gasteiger partial charge on any atom is 0.141 e. The fourth-order valence-electron chi connectivity index (χ4n) is 1.53. The van der Waals surface area contributed by atoms with E-state index in [0.29, 0.717) is 0 Å². The van der Waals surface area contributed by atoms with Gasteiger partial charge in [0.25, 0.3) is 0 Å². The van der Waals surface area contributed by atoms with Crippen molar-refractivity contribution in [1.29, 1.82) is 0 Å². The van der Waals surface area contributed by atoms with Gasteiger partial charge in [-0.3, -0.25) is 0 Å². The van der Waals surface area contributed by atoms with Crippen LogP contribution in [-0.2, 0) is 6.42 Å². The van der Waals surface area contributed by atoms with E-state index in [4.69, 9.17) is 4.74 Å². The molecule has 2 aromatic carbocycles. The highest BCUT2D eigenvalue weighted by Gasteiger charge is 1.91. The molecule has 2 aromatic rings. The lowest BCUT2D eigenvalue weighted by Crippen LogP contribution is -1.84. The first-order valence-electron chi connectivity index (χ1n) is 5.79. The Kier molecular flexibility index (Phi) is 4.87. The Bertz CT molecular complexity index is 552. The van der Waals surface area contributed by atoms with E-state index in [1.54, 1.807) is 0 Å². The summed E-state index contributed by atoms with van der Waals surface area (Å²) in [6, 6.07) is 18.0. The molecule has 0 unspecified atom stereocenters. The maximum absolute atomic E-state index is 5.33. The Hall–Kier alpha value is -1.72. The third-order valence-corrected chi connectivity index (χ3v) is 2.91. The molecule has 2 heteroatoms. The molecule has 0 aliphatic heterocycles. The van der Waals surface area contributed by atoms with Gasteiger partial charge in [0, 0.05) is 10.9 Å². The molecule has 90 valence electrons. The summed E-state index contributed by atoms with van der Waals surface area (Å²) in [5, 5.41) is 0. The van der Waals surface area contributed by atoms with Crippen LogP contribution in [0.5, 0.6) is 5.75 Å². The highest BCUT2D eigenvalue weighted by molar-refractivity contribution is 9.10. The van der Waals surface area contributed by atoms with E-state index in [2.05, 4.69) is 40.1 Å². The van der Waals surface area contributed by atoms with Gasteiger partial charge in [-0.1, -0.05) is 58.2 Å². The third-order valence-electron chi connectivity index (χ3n) is 2.42. The van der Waals surface area contributed by atoms with Crippen LogP contribution in [0.25, 0.3) is 0 Å². The lowest BCUT2D eigenvalue weighted by molar-refractivity contribution is 0.518. The summed E-state index contributed by atoms with van der Waals surface area (Å²) in [4.78, 5) is 0. The van der Waals surface area contributed by atoms with E-state index in [9.17, 15) is 0 Å². The number of ether oxygens (including phenoxy) is 1. The van der Waals surface area contributed by atoms with Gasteiger partial charge < -0.3 is 4.74 Å². The molecule has 0 fully saturated rings. The molecule has 0 aliphatic carbocycles. The van der Waals surface area contributed by atoms with Crippen LogP contribution >= 0.6 is 15.9 Å². The zero-order valence-electron chi connectivity index (χ0n) is 9.90. The van der Waals surface area contributed by atoms with Crippen LogP contribution in [0, 0.1) is 12.0 Å². The Morgan fingerprint density at radius 3 is 2.61 bits per heavy atom. The second kappa shape index (κ2) is 6.88. The van der Waals surface area contributed by atoms with E-state index in [1.807, 2.05) is 42.5 Å². The Morgan fingerprint density at radius 2 is 1.83 bits per heavy atom. The molecule has 2 rings (SSSR count). The van der Waals surface area contributed by atoms with Crippen LogP contribution in [-0.4, -0.2) is 0 Å². The van der Waals surface area contributed by atoms with Gasteiger partial charge in [0.1, 0.15) is 11.9 Å². The lowest BCUT2D eigenvalue weighted by Gasteiger charge is -1.97. The molecule has 0 amide bonds. The van der Waals surface area contributed by atoms with Gasteiger partial charge in [-0.25, -0.2) is 0 Å². The van der Waals surface area contributed by atoms with Crippen molar-refractivity contribution in [3.8, 4) is 17.8 Å². The van der Waals surface area contributed by atoms with Crippen molar-refractivity contribution in [3.05, 3.63) is 64.6 Å². The fraction of sp³-hybridized carbons (Fsp3) is 0.125. The van der Waals surface area contributed by atoms with Crippen molar-refractivity contribution >= 4 is 15.9 Å². The standard InChI is InChI=1S/C16H13BrO/c17-15-10-6-11-16(13-15)18-12-5-4-9-14-7-2-1-3-8-14/h1-3,6-8,10-11,13H,4,9H2. The summed E-state index contributed by atoms with van der Waals surface area (Å²) < 4.78 is 6.33. The van der Waals surface area contributed by atoms with Crippen molar-refractivity contribution in [1.82, 2.24) is 0 Å². The third kappa shape index (κ3) is 4.27. The SMILES string of the molecule is Brc1cccc(OC#CCCc2ccccc2)c1. The molecule has 0 N–H and O–H groups in total. The molecule has 0 saturated heterocycles. The second-order valence-corrected chi connectivity index (χ2v) is 4.74. The van der Waals surface area contributed by atoms with Gasteiger partial charge in [-0.2, -0.15) is 0 Å². The van der Waals surface area contributed by atoms with Crippen LogP contribution in [0.15, 0.2) is 59.1 Å². The topological polar surface area (TPSA) is 9.23 Å². The molecule has 0 radical (unpaired) electrons. The maximum atomic E-state index is 5.33. The molecule has 1 nitrogen and oxygen atoms in total. The van der Waals surface area contributed by atoms with Crippen molar-refractivity contribution in [2.45, 2.75) is 12.8 Å². The average molecular weight is 301 g/mol. The minimum absolute atomic E-state index is 0.761. The van der Waals surface area contributed by atoms with Gasteiger partial charge >= 0.3 is 0 Å². The molecule has 0 aromatic heterocycles. The summed E-state index contributed by atoms with van der Waals surface area (Å²) in [6.45, 7) is 0. The van der Waals surface area contributed by atoms with Gasteiger partial charge in [0.2, 0.25) is 0 Å². The zero-order chi connectivity index (χ0) is 12.6. The molecular weight excluding hydrogens is 288 g/mol. The minimum Gasteiger partial charge on any atom is -0.408 e. The van der Waals surface area contributed by atoms with Crippen molar-refractivity contribution < 1.29 is 4.74 Å². The molecule has 0 saturated carbocycles. The summed E-state index contributed by atoms with van der Waals surface area (Å²) >= 11 is 3.39. The predicted octanol–water partition coefficient (Wildman–Crippen LogP) is 4.42. The second-order valence-electron chi connectivity index (χ2n) is 3.82. The highest BCUT2D eigenvalue weighted by Crippen LogP contribution is 2.17. The molecule has 0 spiro atoms. The van der Waals surface area contributed by atoms with Crippen LogP contribution in [0.3, 0.4) is 0 Å². The van der Waals surface area contributed by atoms with Gasteiger partial charge in [0.15, 0.2) is 0 Å². The minimum atomic E-state index is 0.761. The van der Waals surface area contributed by atoms with Gasteiger partial charge in [0.05, 0.1) is 0 Å². The van der Waals surface area contributed by atoms with E-state index in [0.717, 1.165) is 23.1 Å². The summed E-state index contributed by atoms with van der Waals surface area (Å²) in [5.41, 5.74) is 1.30. The van der Waals surface area contributed by atoms with Gasteiger partial charge in [-0.05, 0) is 30.2 Å². The van der Waals surface area contributed by atoms with Gasteiger partial charge in [-0.15, -0.1) is 0 Å². The van der Waals surface area contributed by atoms with Crippen molar-refractivity contribution in [3.63, 3.8) is 0 Å². The van der Waals surface area contributed by atoms with Crippen LogP contribution in [0.1, 0.15) is 12.0 Å². The Morgan fingerprint density at radius 1 is 1.00 bits per heavy atom. The summed E-state index contributed by atoms with van der Waals surface area (Å²) in [5.74, 6) is 3.78. The monoisotopic (exact) mass is 300 g/mol. The molecule has 0 atom stereocenters. The molecule has 18 heavy (non-hydrogen) atoms. The van der Waals surface area contributed by atoms with Crippen molar-refractivity contribution in [2.75, 3.05) is 0 Å². The van der Waals surface area contributed by atoms with Crippen molar-refractivity contribution in [2.24, 2.45) is 0 Å². The fourth-order valence-corrected chi connectivity index (χ4v) is 1.91. The average Bonchev–Trinajstić information content (AvgIpc) is 2.40. The lowest BCUT2D eigenvalue weighted by atomic mass is 10.1. The smallest absolute Gasteiger partial charge is 0.141 e. The molecule has 0 bridgehead atoms. The van der Waals surface area contributed by atoms with Crippen LogP contribution in [0.2, 0.25) is 0 Å². The van der Waals surface area contributed by atoms with E-state index in [1.165, 1.54) is 5.56 Å². The Labute approximate surface area is 116 Å². The summed E-state index contributed by atoms with van der Waals surface area (Å²) in [7, 11) is 0. The van der Waals surface area contributed by atoms with Crippen LogP contribution < -0.4 is 4.74 Å². The molecular formula is C16H13BrO. The number of rotatable bonds is 3. The predicted molar refractivity (Wildman–Crippen MR) is 77.3 cm³/mol. The zero-order valence-corrected chi connectivity index (χ0v) is 11.5. The Balaban J connectivity index is 1.80. The number of hydrogen-bond acceptors (Lipinski definition) is 1. The molecule has 0 aliphatic rings. The number of hydrogen-bond donors (Lipinski definition) is 0. The van der Waals surface area contributed by atoms with Crippen LogP contribution in [0.4, 0.5) is 0 Å². The number of aryl methyl sites for hydroxylation is 1. The normalized spacial score (nSPS) is 9.39. The highest BCUT2D eigenvalue weighted by atomic mass is 79.9. The quantitative estimate of drug-likeness (QED) is 0.762. The number of halogens is 1. The first kappa shape index (κ1) is 12.7. The van der Waals surface area contributed by atoms with E-state index in [-0.39, 0.29) is 0 Å². The summed E-state index contributed by atoms with van der Waals surface area (Å²) in [6.07, 6.45) is 4.49. The van der Waals surface area contributed by atoms with E-state index < -0.39 is 0 Å². The van der Waals surface area contributed by atoms with E-state index >= 15 is 0 Å². The molecule has 0 heterocycles. The largest absolute Gasteiger partial charge is 0.408 e. The first-order chi connectivity index (χ1) is 8.84. The number of benzene rings is 2. The first-order valence-corrected chi connectivity index (χ1v) is 6.58.